The number of nitrogens with one attached hydrogen (secondary N) is 1. The summed E-state index contributed by atoms with van der Waals surface area (Å²) in [6.45, 7) is 4.84. The van der Waals surface area contributed by atoms with Gasteiger partial charge in [-0.2, -0.15) is 5.26 Å². The van der Waals surface area contributed by atoms with Gasteiger partial charge in [-0.1, -0.05) is 0 Å². The molecule has 1 atom stereocenters. The Morgan fingerprint density at radius 1 is 1.65 bits per heavy atom. The number of hydrogen-bond donors (Lipinski definition) is 1. The van der Waals surface area contributed by atoms with Gasteiger partial charge in [-0.15, -0.1) is 0 Å². The van der Waals surface area contributed by atoms with E-state index in [1.54, 1.807) is 12.3 Å². The largest absolute Gasteiger partial charge is 0.351 e. The monoisotopic (exact) mass is 234 g/mol. The van der Waals surface area contributed by atoms with E-state index in [9.17, 15) is 0 Å². The van der Waals surface area contributed by atoms with Crippen LogP contribution in [-0.4, -0.2) is 35.0 Å². The van der Waals surface area contributed by atoms with E-state index in [1.165, 1.54) is 0 Å². The van der Waals surface area contributed by atoms with Crippen molar-refractivity contribution in [1.29, 1.82) is 5.26 Å². The quantitative estimate of drug-likeness (QED) is 0.837. The van der Waals surface area contributed by atoms with E-state index >= 15 is 0 Å². The first-order valence-electron chi connectivity index (χ1n) is 5.38. The van der Waals surface area contributed by atoms with Gasteiger partial charge in [0.2, 0.25) is 5.95 Å². The number of nitrogens with zero attached hydrogens (tertiary/aromatic N) is 3. The second-order valence-corrected chi connectivity index (χ2v) is 4.21. The van der Waals surface area contributed by atoms with Gasteiger partial charge in [-0.05, 0) is 19.9 Å². The zero-order valence-corrected chi connectivity index (χ0v) is 9.80. The van der Waals surface area contributed by atoms with Gasteiger partial charge < -0.3 is 14.8 Å². The third kappa shape index (κ3) is 3.12. The molecule has 1 aliphatic heterocycles. The molecule has 1 saturated heterocycles. The standard InChI is InChI=1S/C11H14N4O2/c1-11(2)16-7-9(17-11)6-14-10-13-4-3-8(5-12)15-10/h3-4,9H,6-7H2,1-2H3,(H,13,14,15). The molecule has 0 aromatic carbocycles. The van der Waals surface area contributed by atoms with Gasteiger partial charge in [0.05, 0.1) is 6.61 Å². The number of hydrogen-bond acceptors (Lipinski definition) is 6. The van der Waals surface area contributed by atoms with Crippen LogP contribution in [0.4, 0.5) is 5.95 Å². The Hall–Kier alpha value is -1.71. The fraction of sp³-hybridized carbons (Fsp3) is 0.545. The molecular formula is C11H14N4O2. The molecule has 1 fully saturated rings. The van der Waals surface area contributed by atoms with E-state index in [0.717, 1.165) is 0 Å². The fourth-order valence-corrected chi connectivity index (χ4v) is 1.57. The van der Waals surface area contributed by atoms with Crippen LogP contribution in [0, 0.1) is 11.3 Å². The van der Waals surface area contributed by atoms with Crippen molar-refractivity contribution in [1.82, 2.24) is 9.97 Å². The highest BCUT2D eigenvalue weighted by atomic mass is 16.7. The summed E-state index contributed by atoms with van der Waals surface area (Å²) >= 11 is 0. The summed E-state index contributed by atoms with van der Waals surface area (Å²) in [5, 5.41) is 11.7. The third-order valence-electron chi connectivity index (χ3n) is 2.33. The topological polar surface area (TPSA) is 80.1 Å². The normalized spacial score (nSPS) is 22.1. The Labute approximate surface area is 99.6 Å². The van der Waals surface area contributed by atoms with Crippen LogP contribution in [0.15, 0.2) is 12.3 Å². The molecule has 1 unspecified atom stereocenters. The molecule has 1 aromatic rings. The van der Waals surface area contributed by atoms with E-state index in [0.29, 0.717) is 24.8 Å². The smallest absolute Gasteiger partial charge is 0.223 e. The minimum absolute atomic E-state index is 0.0284. The predicted octanol–water partition coefficient (Wildman–Crippen LogP) is 0.912. The minimum atomic E-state index is -0.526. The molecule has 1 aliphatic rings. The van der Waals surface area contributed by atoms with Crippen LogP contribution in [0.5, 0.6) is 0 Å². The lowest BCUT2D eigenvalue weighted by Gasteiger charge is -2.17. The Balaban J connectivity index is 1.88. The Morgan fingerprint density at radius 3 is 3.12 bits per heavy atom. The Bertz CT molecular complexity index is 441. The van der Waals surface area contributed by atoms with Crippen LogP contribution in [0.1, 0.15) is 19.5 Å². The highest BCUT2D eigenvalue weighted by Gasteiger charge is 2.32. The van der Waals surface area contributed by atoms with Gasteiger partial charge >= 0.3 is 0 Å². The fourth-order valence-electron chi connectivity index (χ4n) is 1.57. The Kier molecular flexibility index (Phi) is 3.22. The summed E-state index contributed by atoms with van der Waals surface area (Å²) in [6.07, 6.45) is 1.52. The molecule has 6 heteroatoms. The number of rotatable bonds is 3. The first-order valence-corrected chi connectivity index (χ1v) is 5.38. The SMILES string of the molecule is CC1(C)OCC(CNc2nccc(C#N)n2)O1. The highest BCUT2D eigenvalue weighted by molar-refractivity contribution is 5.30. The molecule has 90 valence electrons. The van der Waals surface area contributed by atoms with E-state index in [2.05, 4.69) is 15.3 Å². The lowest BCUT2D eigenvalue weighted by atomic mass is 10.3. The number of ether oxygens (including phenoxy) is 2. The molecule has 0 spiro atoms. The van der Waals surface area contributed by atoms with Crippen molar-refractivity contribution >= 4 is 5.95 Å². The second kappa shape index (κ2) is 4.65. The summed E-state index contributed by atoms with van der Waals surface area (Å²) in [4.78, 5) is 8.02. The molecule has 2 heterocycles. The predicted molar refractivity (Wildman–Crippen MR) is 60.1 cm³/mol. The van der Waals surface area contributed by atoms with E-state index in [1.807, 2.05) is 19.9 Å². The van der Waals surface area contributed by atoms with E-state index in [4.69, 9.17) is 14.7 Å². The molecule has 2 rings (SSSR count). The molecule has 6 nitrogen and oxygen atoms in total. The van der Waals surface area contributed by atoms with Crippen LogP contribution in [0.3, 0.4) is 0 Å². The van der Waals surface area contributed by atoms with Crippen molar-refractivity contribution in [2.24, 2.45) is 0 Å². The average molecular weight is 234 g/mol. The number of nitriles is 1. The lowest BCUT2D eigenvalue weighted by Crippen LogP contribution is -2.26. The summed E-state index contributed by atoms with van der Waals surface area (Å²) in [5.41, 5.74) is 0.339. The minimum Gasteiger partial charge on any atom is -0.351 e. The zero-order chi connectivity index (χ0) is 12.3. The summed E-state index contributed by atoms with van der Waals surface area (Å²) in [5.74, 6) is -0.0980. The first kappa shape index (κ1) is 11.8. The molecule has 0 aliphatic carbocycles. The molecule has 0 amide bonds. The molecular weight excluding hydrogens is 220 g/mol. The summed E-state index contributed by atoms with van der Waals surface area (Å²) < 4.78 is 11.1. The van der Waals surface area contributed by atoms with Crippen LogP contribution in [-0.2, 0) is 9.47 Å². The first-order chi connectivity index (χ1) is 8.09. The van der Waals surface area contributed by atoms with Crippen molar-refractivity contribution in [3.63, 3.8) is 0 Å². The van der Waals surface area contributed by atoms with Crippen molar-refractivity contribution in [3.05, 3.63) is 18.0 Å². The summed E-state index contributed by atoms with van der Waals surface area (Å²) in [7, 11) is 0. The van der Waals surface area contributed by atoms with Gasteiger partial charge in [-0.3, -0.25) is 0 Å². The average Bonchev–Trinajstić information content (AvgIpc) is 2.67. The Morgan fingerprint density at radius 2 is 2.47 bits per heavy atom. The third-order valence-corrected chi connectivity index (χ3v) is 2.33. The van der Waals surface area contributed by atoms with Crippen molar-refractivity contribution in [3.8, 4) is 6.07 Å². The van der Waals surface area contributed by atoms with Gasteiger partial charge in [0.1, 0.15) is 17.9 Å². The van der Waals surface area contributed by atoms with Crippen molar-refractivity contribution in [2.75, 3.05) is 18.5 Å². The molecule has 1 N–H and O–H groups in total. The van der Waals surface area contributed by atoms with Crippen LogP contribution in [0.2, 0.25) is 0 Å². The van der Waals surface area contributed by atoms with E-state index in [-0.39, 0.29) is 6.10 Å². The van der Waals surface area contributed by atoms with Gasteiger partial charge in [-0.25, -0.2) is 9.97 Å². The number of aromatic nitrogens is 2. The molecule has 0 saturated carbocycles. The molecule has 0 radical (unpaired) electrons. The van der Waals surface area contributed by atoms with Gasteiger partial charge in [0, 0.05) is 12.7 Å². The van der Waals surface area contributed by atoms with E-state index < -0.39 is 5.79 Å². The zero-order valence-electron chi connectivity index (χ0n) is 9.80. The lowest BCUT2D eigenvalue weighted by molar-refractivity contribution is -0.136. The van der Waals surface area contributed by atoms with Crippen molar-refractivity contribution in [2.45, 2.75) is 25.7 Å². The molecule has 0 bridgehead atoms. The molecule has 1 aromatic heterocycles. The highest BCUT2D eigenvalue weighted by Crippen LogP contribution is 2.22. The maximum Gasteiger partial charge on any atom is 0.223 e. The van der Waals surface area contributed by atoms with Crippen LogP contribution >= 0.6 is 0 Å². The molecule has 17 heavy (non-hydrogen) atoms. The van der Waals surface area contributed by atoms with Crippen molar-refractivity contribution < 1.29 is 9.47 Å². The maximum absolute atomic E-state index is 8.70. The summed E-state index contributed by atoms with van der Waals surface area (Å²) in [6, 6.07) is 3.52. The number of anilines is 1. The second-order valence-electron chi connectivity index (χ2n) is 4.21. The van der Waals surface area contributed by atoms with Gasteiger partial charge in [0.25, 0.3) is 0 Å². The van der Waals surface area contributed by atoms with Crippen LogP contribution in [0.25, 0.3) is 0 Å². The maximum atomic E-state index is 8.70. The van der Waals surface area contributed by atoms with Crippen LogP contribution < -0.4 is 5.32 Å². The van der Waals surface area contributed by atoms with Gasteiger partial charge in [0.15, 0.2) is 5.79 Å².